The fourth-order valence-corrected chi connectivity index (χ4v) is 1.56. The second kappa shape index (κ2) is 3.31. The topological polar surface area (TPSA) is 57.8 Å². The van der Waals surface area contributed by atoms with E-state index in [4.69, 9.17) is 11.6 Å². The molecule has 0 aliphatic rings. The molecule has 2 aromatic rings. The lowest BCUT2D eigenvalue weighted by Crippen LogP contribution is -2.08. The first-order valence-corrected chi connectivity index (χ1v) is 4.46. The van der Waals surface area contributed by atoms with Gasteiger partial charge in [0.25, 0.3) is 5.56 Å². The van der Waals surface area contributed by atoms with Crippen LogP contribution < -0.4 is 10.9 Å². The Kier molecular flexibility index (Phi) is 2.13. The normalized spacial score (nSPS) is 10.4. The Labute approximate surface area is 84.9 Å². The molecule has 2 heterocycles. The van der Waals surface area contributed by atoms with Gasteiger partial charge in [-0.3, -0.25) is 4.79 Å². The van der Waals surface area contributed by atoms with Gasteiger partial charge in [0.15, 0.2) is 0 Å². The highest BCUT2D eigenvalue weighted by atomic mass is 35.5. The third kappa shape index (κ3) is 1.33. The van der Waals surface area contributed by atoms with Crippen molar-refractivity contribution in [3.63, 3.8) is 0 Å². The Morgan fingerprint density at radius 2 is 2.36 bits per heavy atom. The standard InChI is InChI=1S/C9H8ClN3O/c1-11-8-7-5(4-6(10)13-8)2-3-12-9(7)14/h2-4H,1H3,(H,11,13)(H,12,14). The van der Waals surface area contributed by atoms with E-state index >= 15 is 0 Å². The maximum atomic E-state index is 11.5. The molecular weight excluding hydrogens is 202 g/mol. The summed E-state index contributed by atoms with van der Waals surface area (Å²) in [6.07, 6.45) is 1.58. The fraction of sp³-hybridized carbons (Fsp3) is 0.111. The van der Waals surface area contributed by atoms with E-state index in [0.29, 0.717) is 16.4 Å². The molecule has 0 atom stereocenters. The Hall–Kier alpha value is -1.55. The van der Waals surface area contributed by atoms with Gasteiger partial charge < -0.3 is 10.3 Å². The number of anilines is 1. The van der Waals surface area contributed by atoms with Crippen LogP contribution in [-0.2, 0) is 0 Å². The van der Waals surface area contributed by atoms with Gasteiger partial charge in [-0.05, 0) is 17.5 Å². The van der Waals surface area contributed by atoms with E-state index in [0.717, 1.165) is 5.39 Å². The Bertz CT molecular complexity index is 535. The number of aromatic amines is 1. The number of aromatic nitrogens is 2. The second-order valence-corrected chi connectivity index (χ2v) is 3.20. The van der Waals surface area contributed by atoms with E-state index in [-0.39, 0.29) is 5.56 Å². The quantitative estimate of drug-likeness (QED) is 0.702. The summed E-state index contributed by atoms with van der Waals surface area (Å²) in [5.74, 6) is 0.495. The molecule has 4 nitrogen and oxygen atoms in total. The zero-order valence-corrected chi connectivity index (χ0v) is 8.22. The number of nitrogens with one attached hydrogen (secondary N) is 2. The molecule has 2 aromatic heterocycles. The molecule has 2 N–H and O–H groups in total. The van der Waals surface area contributed by atoms with Crippen LogP contribution in [0.25, 0.3) is 10.8 Å². The van der Waals surface area contributed by atoms with Crippen molar-refractivity contribution < 1.29 is 0 Å². The van der Waals surface area contributed by atoms with E-state index in [1.165, 1.54) is 0 Å². The van der Waals surface area contributed by atoms with Gasteiger partial charge in [-0.2, -0.15) is 0 Å². The van der Waals surface area contributed by atoms with Crippen LogP contribution in [0.1, 0.15) is 0 Å². The number of nitrogens with zero attached hydrogens (tertiary/aromatic N) is 1. The van der Waals surface area contributed by atoms with Gasteiger partial charge in [-0.15, -0.1) is 0 Å². The summed E-state index contributed by atoms with van der Waals surface area (Å²) in [7, 11) is 1.70. The predicted octanol–water partition coefficient (Wildman–Crippen LogP) is 1.62. The van der Waals surface area contributed by atoms with Crippen LogP contribution in [0.2, 0.25) is 5.15 Å². The molecule has 0 radical (unpaired) electrons. The van der Waals surface area contributed by atoms with Crippen molar-refractivity contribution >= 4 is 28.2 Å². The highest BCUT2D eigenvalue weighted by Gasteiger charge is 2.06. The van der Waals surface area contributed by atoms with E-state index in [1.54, 1.807) is 25.4 Å². The van der Waals surface area contributed by atoms with Crippen LogP contribution in [0.15, 0.2) is 23.1 Å². The minimum absolute atomic E-state index is 0.170. The van der Waals surface area contributed by atoms with Crippen molar-refractivity contribution in [1.29, 1.82) is 0 Å². The van der Waals surface area contributed by atoms with Crippen LogP contribution >= 0.6 is 11.6 Å². The van der Waals surface area contributed by atoms with E-state index in [1.807, 2.05) is 0 Å². The van der Waals surface area contributed by atoms with Gasteiger partial charge in [-0.25, -0.2) is 4.98 Å². The van der Waals surface area contributed by atoms with Gasteiger partial charge in [0, 0.05) is 13.2 Å². The van der Waals surface area contributed by atoms with Gasteiger partial charge in [0.05, 0.1) is 5.39 Å². The second-order valence-electron chi connectivity index (χ2n) is 2.81. The predicted molar refractivity (Wildman–Crippen MR) is 56.9 cm³/mol. The van der Waals surface area contributed by atoms with Crippen LogP contribution in [0.4, 0.5) is 5.82 Å². The third-order valence-electron chi connectivity index (χ3n) is 1.96. The monoisotopic (exact) mass is 209 g/mol. The number of H-pyrrole nitrogens is 1. The Morgan fingerprint density at radius 1 is 1.57 bits per heavy atom. The summed E-state index contributed by atoms with van der Waals surface area (Å²) in [5.41, 5.74) is -0.170. The largest absolute Gasteiger partial charge is 0.372 e. The van der Waals surface area contributed by atoms with Crippen molar-refractivity contribution in [2.45, 2.75) is 0 Å². The molecule has 0 amide bonds. The zero-order chi connectivity index (χ0) is 10.1. The maximum Gasteiger partial charge on any atom is 0.259 e. The smallest absolute Gasteiger partial charge is 0.259 e. The molecule has 0 aliphatic carbocycles. The minimum Gasteiger partial charge on any atom is -0.372 e. The maximum absolute atomic E-state index is 11.5. The molecule has 0 fully saturated rings. The molecule has 0 saturated carbocycles. The van der Waals surface area contributed by atoms with Gasteiger partial charge in [0.2, 0.25) is 0 Å². The van der Waals surface area contributed by atoms with Gasteiger partial charge in [-0.1, -0.05) is 11.6 Å². The van der Waals surface area contributed by atoms with E-state index < -0.39 is 0 Å². The van der Waals surface area contributed by atoms with E-state index in [2.05, 4.69) is 15.3 Å². The molecule has 0 aliphatic heterocycles. The minimum atomic E-state index is -0.170. The van der Waals surface area contributed by atoms with Crippen LogP contribution in [0.3, 0.4) is 0 Å². The van der Waals surface area contributed by atoms with Crippen molar-refractivity contribution in [2.75, 3.05) is 12.4 Å². The molecule has 0 bridgehead atoms. The molecule has 0 saturated heterocycles. The molecule has 5 heteroatoms. The summed E-state index contributed by atoms with van der Waals surface area (Å²) in [6.45, 7) is 0. The summed E-state index contributed by atoms with van der Waals surface area (Å²) in [6, 6.07) is 3.44. The lowest BCUT2D eigenvalue weighted by molar-refractivity contribution is 1.25. The number of rotatable bonds is 1. The molecule has 0 spiro atoms. The lowest BCUT2D eigenvalue weighted by Gasteiger charge is -2.03. The number of fused-ring (bicyclic) bond motifs is 1. The van der Waals surface area contributed by atoms with Crippen molar-refractivity contribution in [1.82, 2.24) is 9.97 Å². The first kappa shape index (κ1) is 9.02. The lowest BCUT2D eigenvalue weighted by atomic mass is 10.2. The first-order valence-electron chi connectivity index (χ1n) is 4.08. The highest BCUT2D eigenvalue weighted by molar-refractivity contribution is 6.30. The van der Waals surface area contributed by atoms with Gasteiger partial charge >= 0.3 is 0 Å². The molecule has 72 valence electrons. The Balaban J connectivity index is 2.96. The molecule has 0 unspecified atom stereocenters. The Morgan fingerprint density at radius 3 is 3.07 bits per heavy atom. The van der Waals surface area contributed by atoms with Gasteiger partial charge in [0.1, 0.15) is 11.0 Å². The third-order valence-corrected chi connectivity index (χ3v) is 2.15. The van der Waals surface area contributed by atoms with Crippen molar-refractivity contribution in [3.05, 3.63) is 33.8 Å². The number of hydrogen-bond acceptors (Lipinski definition) is 3. The summed E-state index contributed by atoms with van der Waals surface area (Å²) in [5, 5.41) is 4.51. The number of halogens is 1. The molecule has 2 rings (SSSR count). The average molecular weight is 210 g/mol. The molecule has 14 heavy (non-hydrogen) atoms. The summed E-state index contributed by atoms with van der Waals surface area (Å²) in [4.78, 5) is 18.1. The average Bonchev–Trinajstić information content (AvgIpc) is 2.16. The SMILES string of the molecule is CNc1nc(Cl)cc2cc[nH]c(=O)c12. The number of hydrogen-bond donors (Lipinski definition) is 2. The summed E-state index contributed by atoms with van der Waals surface area (Å²) >= 11 is 5.79. The fourth-order valence-electron chi connectivity index (χ4n) is 1.36. The molecular formula is C9H8ClN3O. The summed E-state index contributed by atoms with van der Waals surface area (Å²) < 4.78 is 0. The first-order chi connectivity index (χ1) is 6.72. The van der Waals surface area contributed by atoms with Crippen molar-refractivity contribution in [3.8, 4) is 0 Å². The highest BCUT2D eigenvalue weighted by Crippen LogP contribution is 2.20. The molecule has 0 aromatic carbocycles. The van der Waals surface area contributed by atoms with E-state index in [9.17, 15) is 4.79 Å². The number of pyridine rings is 2. The van der Waals surface area contributed by atoms with Crippen LogP contribution in [0.5, 0.6) is 0 Å². The van der Waals surface area contributed by atoms with Crippen LogP contribution in [0, 0.1) is 0 Å². The van der Waals surface area contributed by atoms with Crippen molar-refractivity contribution in [2.24, 2.45) is 0 Å². The van der Waals surface area contributed by atoms with Crippen LogP contribution in [-0.4, -0.2) is 17.0 Å². The zero-order valence-electron chi connectivity index (χ0n) is 7.47.